The molecule has 0 radical (unpaired) electrons. The van der Waals surface area contributed by atoms with E-state index in [-0.39, 0.29) is 0 Å². The van der Waals surface area contributed by atoms with Crippen molar-refractivity contribution in [3.63, 3.8) is 0 Å². The van der Waals surface area contributed by atoms with E-state index in [1.165, 1.54) is 25.7 Å². The predicted molar refractivity (Wildman–Crippen MR) is 47.9 cm³/mol. The van der Waals surface area contributed by atoms with E-state index in [2.05, 4.69) is 18.8 Å². The van der Waals surface area contributed by atoms with Gasteiger partial charge in [0.25, 0.3) is 0 Å². The summed E-state index contributed by atoms with van der Waals surface area (Å²) in [6.45, 7) is 5.93. The van der Waals surface area contributed by atoms with Gasteiger partial charge in [0.1, 0.15) is 0 Å². The summed E-state index contributed by atoms with van der Waals surface area (Å²) in [5.41, 5.74) is 5.48. The number of nitrogens with two attached hydrogens (primary N) is 1. The van der Waals surface area contributed by atoms with Gasteiger partial charge < -0.3 is 11.1 Å². The largest absolute Gasteiger partial charge is 0.386 e. The lowest BCUT2D eigenvalue weighted by Gasteiger charge is -2.30. The zero-order chi connectivity index (χ0) is 8.27. The first kappa shape index (κ1) is 8.44. The maximum Gasteiger partial charge on any atom is 0.0888 e. The number of hydrogen-bond acceptors (Lipinski definition) is 2. The standard InChI is InChI=1S/C9H18N2/c1-7-5-3-4-6-9(7)11-8(2)10/h7,9,11H,2-6,10H2,1H3. The average molecular weight is 154 g/mol. The molecule has 0 aromatic carbocycles. The Bertz CT molecular complexity index is 142. The summed E-state index contributed by atoms with van der Waals surface area (Å²) in [6.07, 6.45) is 5.27. The molecular formula is C9H18N2. The van der Waals surface area contributed by atoms with Gasteiger partial charge in [-0.3, -0.25) is 0 Å². The first-order valence-electron chi connectivity index (χ1n) is 4.41. The van der Waals surface area contributed by atoms with E-state index in [0.29, 0.717) is 11.9 Å². The SMILES string of the molecule is C=C(N)NC1CCCCC1C. The molecule has 1 fully saturated rings. The highest BCUT2D eigenvalue weighted by Crippen LogP contribution is 2.23. The van der Waals surface area contributed by atoms with E-state index in [9.17, 15) is 0 Å². The number of nitrogens with one attached hydrogen (secondary N) is 1. The second-order valence-corrected chi connectivity index (χ2v) is 3.54. The highest BCUT2D eigenvalue weighted by Gasteiger charge is 2.20. The average Bonchev–Trinajstić information content (AvgIpc) is 1.93. The quantitative estimate of drug-likeness (QED) is 0.634. The van der Waals surface area contributed by atoms with Crippen LogP contribution in [0.15, 0.2) is 12.4 Å². The molecule has 0 bridgehead atoms. The van der Waals surface area contributed by atoms with Gasteiger partial charge in [0.15, 0.2) is 0 Å². The Morgan fingerprint density at radius 3 is 2.64 bits per heavy atom. The molecule has 0 aliphatic heterocycles. The molecule has 1 rings (SSSR count). The van der Waals surface area contributed by atoms with Crippen molar-refractivity contribution in [1.82, 2.24) is 5.32 Å². The van der Waals surface area contributed by atoms with Crippen molar-refractivity contribution < 1.29 is 0 Å². The van der Waals surface area contributed by atoms with Gasteiger partial charge in [-0.05, 0) is 18.8 Å². The van der Waals surface area contributed by atoms with Crippen molar-refractivity contribution in [2.24, 2.45) is 11.7 Å². The minimum atomic E-state index is 0.571. The van der Waals surface area contributed by atoms with Crippen LogP contribution in [0.4, 0.5) is 0 Å². The molecule has 1 saturated carbocycles. The summed E-state index contributed by atoms with van der Waals surface area (Å²) < 4.78 is 0. The summed E-state index contributed by atoms with van der Waals surface area (Å²) in [5.74, 6) is 1.37. The van der Waals surface area contributed by atoms with E-state index in [4.69, 9.17) is 5.73 Å². The summed E-state index contributed by atoms with van der Waals surface area (Å²) in [7, 11) is 0. The molecule has 11 heavy (non-hydrogen) atoms. The second kappa shape index (κ2) is 3.65. The highest BCUT2D eigenvalue weighted by molar-refractivity contribution is 4.90. The minimum Gasteiger partial charge on any atom is -0.386 e. The minimum absolute atomic E-state index is 0.571. The lowest BCUT2D eigenvalue weighted by molar-refractivity contribution is 0.296. The van der Waals surface area contributed by atoms with E-state index >= 15 is 0 Å². The molecule has 2 atom stereocenters. The molecule has 1 aliphatic rings. The molecule has 0 heterocycles. The van der Waals surface area contributed by atoms with Crippen LogP contribution in [0.5, 0.6) is 0 Å². The first-order chi connectivity index (χ1) is 5.20. The predicted octanol–water partition coefficient (Wildman–Crippen LogP) is 1.58. The van der Waals surface area contributed by atoms with Crippen molar-refractivity contribution in [3.05, 3.63) is 12.4 Å². The summed E-state index contributed by atoms with van der Waals surface area (Å²) >= 11 is 0. The number of hydrogen-bond donors (Lipinski definition) is 2. The fourth-order valence-electron chi connectivity index (χ4n) is 1.77. The van der Waals surface area contributed by atoms with Gasteiger partial charge >= 0.3 is 0 Å². The van der Waals surface area contributed by atoms with Gasteiger partial charge in [0.05, 0.1) is 5.82 Å². The smallest absolute Gasteiger partial charge is 0.0888 e. The Kier molecular flexibility index (Phi) is 2.80. The molecule has 64 valence electrons. The van der Waals surface area contributed by atoms with Gasteiger partial charge in [-0.1, -0.05) is 26.3 Å². The Morgan fingerprint density at radius 2 is 2.09 bits per heavy atom. The molecule has 0 aromatic rings. The highest BCUT2D eigenvalue weighted by atomic mass is 15.0. The zero-order valence-electron chi connectivity index (χ0n) is 7.27. The van der Waals surface area contributed by atoms with Crippen LogP contribution in [-0.2, 0) is 0 Å². The van der Waals surface area contributed by atoms with Crippen LogP contribution in [0, 0.1) is 5.92 Å². The summed E-state index contributed by atoms with van der Waals surface area (Å²) in [5, 5.41) is 3.21. The van der Waals surface area contributed by atoms with Crippen LogP contribution < -0.4 is 11.1 Å². The molecule has 3 N–H and O–H groups in total. The third-order valence-electron chi connectivity index (χ3n) is 2.48. The van der Waals surface area contributed by atoms with Crippen molar-refractivity contribution in [1.29, 1.82) is 0 Å². The molecule has 2 nitrogen and oxygen atoms in total. The van der Waals surface area contributed by atoms with Crippen molar-refractivity contribution in [3.8, 4) is 0 Å². The van der Waals surface area contributed by atoms with Crippen LogP contribution in [0.1, 0.15) is 32.6 Å². The first-order valence-corrected chi connectivity index (χ1v) is 4.41. The Hall–Kier alpha value is -0.660. The van der Waals surface area contributed by atoms with E-state index < -0.39 is 0 Å². The maximum atomic E-state index is 5.48. The van der Waals surface area contributed by atoms with Crippen molar-refractivity contribution in [2.75, 3.05) is 0 Å². The van der Waals surface area contributed by atoms with Crippen LogP contribution in [-0.4, -0.2) is 6.04 Å². The molecular weight excluding hydrogens is 136 g/mol. The van der Waals surface area contributed by atoms with Crippen LogP contribution in [0.3, 0.4) is 0 Å². The van der Waals surface area contributed by atoms with E-state index in [1.807, 2.05) is 0 Å². The van der Waals surface area contributed by atoms with E-state index in [1.54, 1.807) is 0 Å². The third kappa shape index (κ3) is 2.45. The van der Waals surface area contributed by atoms with Crippen LogP contribution >= 0.6 is 0 Å². The van der Waals surface area contributed by atoms with Crippen LogP contribution in [0.25, 0.3) is 0 Å². The van der Waals surface area contributed by atoms with Gasteiger partial charge in [-0.2, -0.15) is 0 Å². The molecule has 0 spiro atoms. The summed E-state index contributed by atoms with van der Waals surface area (Å²) in [6, 6.07) is 0.571. The normalized spacial score (nSPS) is 31.4. The maximum absolute atomic E-state index is 5.48. The van der Waals surface area contributed by atoms with Crippen molar-refractivity contribution in [2.45, 2.75) is 38.6 Å². The molecule has 0 saturated heterocycles. The topological polar surface area (TPSA) is 38.0 Å². The molecule has 1 aliphatic carbocycles. The fraction of sp³-hybridized carbons (Fsp3) is 0.778. The van der Waals surface area contributed by atoms with Gasteiger partial charge in [0.2, 0.25) is 0 Å². The monoisotopic (exact) mass is 154 g/mol. The zero-order valence-corrected chi connectivity index (χ0v) is 7.27. The lowest BCUT2D eigenvalue weighted by atomic mass is 9.86. The summed E-state index contributed by atoms with van der Waals surface area (Å²) in [4.78, 5) is 0. The Morgan fingerprint density at radius 1 is 1.45 bits per heavy atom. The third-order valence-corrected chi connectivity index (χ3v) is 2.48. The van der Waals surface area contributed by atoms with Gasteiger partial charge in [-0.25, -0.2) is 0 Å². The van der Waals surface area contributed by atoms with Gasteiger partial charge in [-0.15, -0.1) is 0 Å². The van der Waals surface area contributed by atoms with E-state index in [0.717, 1.165) is 5.92 Å². The Labute approximate surface area is 68.9 Å². The van der Waals surface area contributed by atoms with Gasteiger partial charge in [0, 0.05) is 6.04 Å². The molecule has 2 heteroatoms. The Balaban J connectivity index is 2.35. The fourth-order valence-corrected chi connectivity index (χ4v) is 1.77. The second-order valence-electron chi connectivity index (χ2n) is 3.54. The molecule has 2 unspecified atom stereocenters. The van der Waals surface area contributed by atoms with Crippen LogP contribution in [0.2, 0.25) is 0 Å². The number of rotatable bonds is 2. The molecule has 0 amide bonds. The molecule has 0 aromatic heterocycles. The van der Waals surface area contributed by atoms with Crippen molar-refractivity contribution >= 4 is 0 Å². The lowest BCUT2D eigenvalue weighted by Crippen LogP contribution is -2.38.